The zero-order chi connectivity index (χ0) is 18.5. The van der Waals surface area contributed by atoms with E-state index >= 15 is 0 Å². The Morgan fingerprint density at radius 3 is 2.73 bits per heavy atom. The molecule has 1 amide bonds. The quantitative estimate of drug-likeness (QED) is 0.824. The number of rotatable bonds is 7. The summed E-state index contributed by atoms with van der Waals surface area (Å²) in [5.41, 5.74) is 3.05. The molecule has 1 saturated heterocycles. The van der Waals surface area contributed by atoms with E-state index < -0.39 is 0 Å². The first-order valence-electron chi connectivity index (χ1n) is 9.40. The summed E-state index contributed by atoms with van der Waals surface area (Å²) in [6, 6.07) is 6.19. The van der Waals surface area contributed by atoms with Gasteiger partial charge in [-0.25, -0.2) is 9.07 Å². The van der Waals surface area contributed by atoms with E-state index in [1.165, 1.54) is 12.1 Å². The molecule has 0 aliphatic carbocycles. The topological polar surface area (TPSA) is 56.2 Å². The second kappa shape index (κ2) is 8.45. The highest BCUT2D eigenvalue weighted by Gasteiger charge is 2.24. The second-order valence-corrected chi connectivity index (χ2v) is 6.61. The van der Waals surface area contributed by atoms with Crippen LogP contribution in [-0.2, 0) is 17.6 Å². The van der Waals surface area contributed by atoms with Gasteiger partial charge in [0.25, 0.3) is 5.91 Å². The number of amides is 1. The van der Waals surface area contributed by atoms with Crippen molar-refractivity contribution < 1.29 is 13.9 Å². The van der Waals surface area contributed by atoms with Crippen LogP contribution < -0.4 is 5.32 Å². The lowest BCUT2D eigenvalue weighted by Crippen LogP contribution is -2.32. The van der Waals surface area contributed by atoms with E-state index in [0.717, 1.165) is 49.4 Å². The lowest BCUT2D eigenvalue weighted by Gasteiger charge is -2.12. The lowest BCUT2D eigenvalue weighted by atomic mass is 10.1. The SMILES string of the molecule is CCCc1nn(-c2ccc(F)cc2)c(CC)c1C(=O)NCC1CCCO1. The molecule has 0 radical (unpaired) electrons. The second-order valence-electron chi connectivity index (χ2n) is 6.61. The molecule has 0 saturated carbocycles. The molecule has 1 atom stereocenters. The van der Waals surface area contributed by atoms with Crippen LogP contribution in [0.15, 0.2) is 24.3 Å². The Morgan fingerprint density at radius 1 is 1.35 bits per heavy atom. The Balaban J connectivity index is 1.91. The highest BCUT2D eigenvalue weighted by Crippen LogP contribution is 2.22. The number of hydrogen-bond acceptors (Lipinski definition) is 3. The molecule has 1 aliphatic heterocycles. The van der Waals surface area contributed by atoms with Crippen molar-refractivity contribution in [3.63, 3.8) is 0 Å². The Kier molecular flexibility index (Phi) is 6.04. The van der Waals surface area contributed by atoms with Crippen molar-refractivity contribution in [3.05, 3.63) is 47.0 Å². The highest BCUT2D eigenvalue weighted by atomic mass is 19.1. The van der Waals surface area contributed by atoms with Crippen molar-refractivity contribution in [2.45, 2.75) is 52.1 Å². The summed E-state index contributed by atoms with van der Waals surface area (Å²) >= 11 is 0. The number of aryl methyl sites for hydroxylation is 1. The fourth-order valence-electron chi connectivity index (χ4n) is 3.40. The van der Waals surface area contributed by atoms with E-state index in [4.69, 9.17) is 4.74 Å². The Hall–Kier alpha value is -2.21. The van der Waals surface area contributed by atoms with Gasteiger partial charge in [-0.1, -0.05) is 20.3 Å². The normalized spacial score (nSPS) is 16.8. The standard InChI is InChI=1S/C20H26FN3O2/c1-3-6-17-19(20(25)22-13-16-7-5-12-26-16)18(4-2)24(23-17)15-10-8-14(21)9-11-15/h8-11,16H,3-7,12-13H2,1-2H3,(H,22,25). The molecule has 1 fully saturated rings. The van der Waals surface area contributed by atoms with Gasteiger partial charge in [-0.15, -0.1) is 0 Å². The van der Waals surface area contributed by atoms with Crippen molar-refractivity contribution in [2.75, 3.05) is 13.2 Å². The van der Waals surface area contributed by atoms with Crippen LogP contribution in [-0.4, -0.2) is 34.9 Å². The third-order valence-electron chi connectivity index (χ3n) is 4.69. The van der Waals surface area contributed by atoms with Gasteiger partial charge in [0.2, 0.25) is 0 Å². The average Bonchev–Trinajstić information content (AvgIpc) is 3.28. The number of halogens is 1. The number of ether oxygens (including phenoxy) is 1. The molecule has 2 aromatic rings. The van der Waals surface area contributed by atoms with Gasteiger partial charge in [-0.3, -0.25) is 4.79 Å². The first-order valence-corrected chi connectivity index (χ1v) is 9.40. The van der Waals surface area contributed by atoms with Gasteiger partial charge in [0.05, 0.1) is 28.7 Å². The summed E-state index contributed by atoms with van der Waals surface area (Å²) in [5, 5.41) is 7.68. The number of nitrogens with zero attached hydrogens (tertiary/aromatic N) is 2. The molecule has 0 spiro atoms. The maximum atomic E-state index is 13.3. The summed E-state index contributed by atoms with van der Waals surface area (Å²) in [4.78, 5) is 12.9. The molecule has 0 bridgehead atoms. The fourth-order valence-corrected chi connectivity index (χ4v) is 3.40. The summed E-state index contributed by atoms with van der Waals surface area (Å²) in [7, 11) is 0. The number of hydrogen-bond donors (Lipinski definition) is 1. The summed E-state index contributed by atoms with van der Waals surface area (Å²) in [5.74, 6) is -0.392. The van der Waals surface area contributed by atoms with Crippen LogP contribution in [0.5, 0.6) is 0 Å². The van der Waals surface area contributed by atoms with Crippen molar-refractivity contribution in [3.8, 4) is 5.69 Å². The zero-order valence-electron chi connectivity index (χ0n) is 15.4. The number of carbonyl (C=O) groups excluding carboxylic acids is 1. The fraction of sp³-hybridized carbons (Fsp3) is 0.500. The van der Waals surface area contributed by atoms with Crippen LogP contribution in [0.25, 0.3) is 5.69 Å². The van der Waals surface area contributed by atoms with Gasteiger partial charge < -0.3 is 10.1 Å². The van der Waals surface area contributed by atoms with Gasteiger partial charge in [0.1, 0.15) is 5.82 Å². The maximum absolute atomic E-state index is 13.3. The first-order chi connectivity index (χ1) is 12.6. The highest BCUT2D eigenvalue weighted by molar-refractivity contribution is 5.96. The lowest BCUT2D eigenvalue weighted by molar-refractivity contribution is 0.0856. The van der Waals surface area contributed by atoms with E-state index in [0.29, 0.717) is 18.5 Å². The van der Waals surface area contributed by atoms with Gasteiger partial charge in [0.15, 0.2) is 0 Å². The van der Waals surface area contributed by atoms with Crippen LogP contribution in [0.1, 0.15) is 54.9 Å². The van der Waals surface area contributed by atoms with Gasteiger partial charge in [-0.2, -0.15) is 5.10 Å². The zero-order valence-corrected chi connectivity index (χ0v) is 15.4. The van der Waals surface area contributed by atoms with E-state index in [1.54, 1.807) is 16.8 Å². The Bertz CT molecular complexity index is 749. The number of carbonyl (C=O) groups is 1. The molecular weight excluding hydrogens is 333 g/mol. The number of benzene rings is 1. The predicted octanol–water partition coefficient (Wildman–Crippen LogP) is 3.44. The molecule has 6 heteroatoms. The molecular formula is C20H26FN3O2. The summed E-state index contributed by atoms with van der Waals surface area (Å²) in [6.07, 6.45) is 4.42. The summed E-state index contributed by atoms with van der Waals surface area (Å²) in [6.45, 7) is 5.36. The van der Waals surface area contributed by atoms with Crippen LogP contribution in [0.3, 0.4) is 0 Å². The molecule has 26 heavy (non-hydrogen) atoms. The third kappa shape index (κ3) is 3.96. The minimum atomic E-state index is -0.290. The van der Waals surface area contributed by atoms with Crippen LogP contribution in [0.4, 0.5) is 4.39 Å². The number of nitrogens with one attached hydrogen (secondary N) is 1. The summed E-state index contributed by atoms with van der Waals surface area (Å²) < 4.78 is 20.6. The molecule has 2 heterocycles. The third-order valence-corrected chi connectivity index (χ3v) is 4.69. The van der Waals surface area contributed by atoms with E-state index in [2.05, 4.69) is 17.3 Å². The molecule has 5 nitrogen and oxygen atoms in total. The van der Waals surface area contributed by atoms with E-state index in [9.17, 15) is 9.18 Å². The molecule has 1 N–H and O–H groups in total. The average molecular weight is 359 g/mol. The Labute approximate surface area is 153 Å². The monoisotopic (exact) mass is 359 g/mol. The molecule has 1 aliphatic rings. The molecule has 1 aromatic carbocycles. The largest absolute Gasteiger partial charge is 0.376 e. The first kappa shape index (κ1) is 18.6. The van der Waals surface area contributed by atoms with Crippen molar-refractivity contribution in [2.24, 2.45) is 0 Å². The van der Waals surface area contributed by atoms with Crippen LogP contribution in [0.2, 0.25) is 0 Å². The van der Waals surface area contributed by atoms with Crippen molar-refractivity contribution >= 4 is 5.91 Å². The molecule has 140 valence electrons. The van der Waals surface area contributed by atoms with E-state index in [-0.39, 0.29) is 17.8 Å². The number of aromatic nitrogens is 2. The predicted molar refractivity (Wildman–Crippen MR) is 98.2 cm³/mol. The molecule has 1 aromatic heterocycles. The van der Waals surface area contributed by atoms with Gasteiger partial charge in [-0.05, 0) is 49.9 Å². The van der Waals surface area contributed by atoms with Gasteiger partial charge >= 0.3 is 0 Å². The minimum absolute atomic E-state index is 0.103. The maximum Gasteiger partial charge on any atom is 0.255 e. The molecule has 1 unspecified atom stereocenters. The van der Waals surface area contributed by atoms with Crippen LogP contribution in [0, 0.1) is 5.82 Å². The molecule has 3 rings (SSSR count). The Morgan fingerprint density at radius 2 is 2.12 bits per heavy atom. The van der Waals surface area contributed by atoms with Gasteiger partial charge in [0, 0.05) is 13.2 Å². The minimum Gasteiger partial charge on any atom is -0.376 e. The smallest absolute Gasteiger partial charge is 0.255 e. The van der Waals surface area contributed by atoms with E-state index in [1.807, 2.05) is 6.92 Å². The van der Waals surface area contributed by atoms with Crippen molar-refractivity contribution in [1.29, 1.82) is 0 Å². The van der Waals surface area contributed by atoms with Crippen molar-refractivity contribution in [1.82, 2.24) is 15.1 Å². The van der Waals surface area contributed by atoms with Crippen LogP contribution >= 0.6 is 0 Å².